The van der Waals surface area contributed by atoms with Gasteiger partial charge in [-0.05, 0) is 36.4 Å². The van der Waals surface area contributed by atoms with Gasteiger partial charge in [-0.25, -0.2) is 4.84 Å². The van der Waals surface area contributed by atoms with Crippen LogP contribution in [-0.2, 0) is 0 Å². The van der Waals surface area contributed by atoms with Crippen molar-refractivity contribution in [3.63, 3.8) is 0 Å². The van der Waals surface area contributed by atoms with Gasteiger partial charge in [0.1, 0.15) is 12.4 Å². The van der Waals surface area contributed by atoms with Crippen molar-refractivity contribution < 1.29 is 4.74 Å². The number of hydrogen-bond donors (Lipinski definition) is 1. The molecule has 1 aromatic rings. The lowest BCUT2D eigenvalue weighted by Crippen LogP contribution is -2.06. The number of halogens is 1. The standard InChI is InChI=1S/C11H12ClNO/c1-3-7-14-11-6-4-5-10(8-11)9(2)13-12/h1,4-6,8-9,13H,7H2,2H3/t9-/m1/s1. The van der Waals surface area contributed by atoms with Crippen molar-refractivity contribution in [3.8, 4) is 18.1 Å². The maximum Gasteiger partial charge on any atom is 0.148 e. The van der Waals surface area contributed by atoms with Crippen molar-refractivity contribution in [3.05, 3.63) is 29.8 Å². The first kappa shape index (κ1) is 10.9. The highest BCUT2D eigenvalue weighted by atomic mass is 35.5. The van der Waals surface area contributed by atoms with Gasteiger partial charge in [-0.2, -0.15) is 0 Å². The van der Waals surface area contributed by atoms with E-state index in [0.29, 0.717) is 0 Å². The first-order valence-corrected chi connectivity index (χ1v) is 4.68. The predicted molar refractivity (Wildman–Crippen MR) is 58.2 cm³/mol. The summed E-state index contributed by atoms with van der Waals surface area (Å²) >= 11 is 5.52. The molecule has 0 heterocycles. The molecule has 2 nitrogen and oxygen atoms in total. The third-order valence-electron chi connectivity index (χ3n) is 1.84. The van der Waals surface area contributed by atoms with Gasteiger partial charge in [0.05, 0.1) is 0 Å². The fourth-order valence-corrected chi connectivity index (χ4v) is 1.19. The van der Waals surface area contributed by atoms with Gasteiger partial charge >= 0.3 is 0 Å². The Bertz CT molecular complexity index is 332. The van der Waals surface area contributed by atoms with E-state index >= 15 is 0 Å². The summed E-state index contributed by atoms with van der Waals surface area (Å²) in [6, 6.07) is 7.75. The Morgan fingerprint density at radius 2 is 2.43 bits per heavy atom. The van der Waals surface area contributed by atoms with Gasteiger partial charge in [0.15, 0.2) is 0 Å². The van der Waals surface area contributed by atoms with Crippen LogP contribution in [0.15, 0.2) is 24.3 Å². The Labute approximate surface area is 89.3 Å². The molecule has 74 valence electrons. The van der Waals surface area contributed by atoms with Crippen LogP contribution < -0.4 is 9.57 Å². The van der Waals surface area contributed by atoms with Crippen molar-refractivity contribution in [2.24, 2.45) is 0 Å². The topological polar surface area (TPSA) is 21.3 Å². The minimum absolute atomic E-state index is 0.0889. The first-order chi connectivity index (χ1) is 6.77. The number of hydrogen-bond acceptors (Lipinski definition) is 2. The van der Waals surface area contributed by atoms with Crippen LogP contribution in [0.4, 0.5) is 0 Å². The monoisotopic (exact) mass is 209 g/mol. The molecule has 0 radical (unpaired) electrons. The van der Waals surface area contributed by atoms with E-state index in [-0.39, 0.29) is 12.6 Å². The van der Waals surface area contributed by atoms with Gasteiger partial charge in [0.2, 0.25) is 0 Å². The zero-order valence-electron chi connectivity index (χ0n) is 7.96. The molecule has 0 aliphatic heterocycles. The van der Waals surface area contributed by atoms with Crippen LogP contribution in [0.1, 0.15) is 18.5 Å². The fourth-order valence-electron chi connectivity index (χ4n) is 1.06. The van der Waals surface area contributed by atoms with Gasteiger partial charge in [-0.15, -0.1) is 6.42 Å². The molecule has 3 heteroatoms. The number of nitrogens with one attached hydrogen (secondary N) is 1. The van der Waals surface area contributed by atoms with Gasteiger partial charge in [0.25, 0.3) is 0 Å². The van der Waals surface area contributed by atoms with Crippen LogP contribution in [0.2, 0.25) is 0 Å². The summed E-state index contributed by atoms with van der Waals surface area (Å²) in [5, 5.41) is 0. The zero-order chi connectivity index (χ0) is 10.4. The highest BCUT2D eigenvalue weighted by Crippen LogP contribution is 2.19. The minimum Gasteiger partial charge on any atom is -0.481 e. The summed E-state index contributed by atoms with van der Waals surface area (Å²) < 4.78 is 5.28. The lowest BCUT2D eigenvalue weighted by atomic mass is 10.1. The molecule has 0 saturated heterocycles. The molecule has 1 N–H and O–H groups in total. The molecule has 0 aliphatic carbocycles. The summed E-state index contributed by atoms with van der Waals surface area (Å²) in [7, 11) is 0. The van der Waals surface area contributed by atoms with E-state index in [2.05, 4.69) is 10.8 Å². The van der Waals surface area contributed by atoms with Crippen molar-refractivity contribution >= 4 is 11.8 Å². The molecule has 0 fully saturated rings. The second-order valence-electron chi connectivity index (χ2n) is 2.90. The molecule has 0 saturated carbocycles. The smallest absolute Gasteiger partial charge is 0.148 e. The van der Waals surface area contributed by atoms with Crippen molar-refractivity contribution in [1.29, 1.82) is 0 Å². The van der Waals surface area contributed by atoms with Crippen molar-refractivity contribution in [2.75, 3.05) is 6.61 Å². The molecular weight excluding hydrogens is 198 g/mol. The van der Waals surface area contributed by atoms with Crippen LogP contribution >= 0.6 is 11.8 Å². The fraction of sp³-hybridized carbons (Fsp3) is 0.273. The quantitative estimate of drug-likeness (QED) is 0.608. The molecule has 0 unspecified atom stereocenters. The Morgan fingerprint density at radius 3 is 3.07 bits per heavy atom. The predicted octanol–water partition coefficient (Wildman–Crippen LogP) is 2.50. The third-order valence-corrected chi connectivity index (χ3v) is 2.17. The Balaban J connectivity index is 2.74. The highest BCUT2D eigenvalue weighted by molar-refractivity contribution is 6.13. The SMILES string of the molecule is C#CCOc1cccc([C@@H](C)NCl)c1. The summed E-state index contributed by atoms with van der Waals surface area (Å²) in [4.78, 5) is 2.64. The van der Waals surface area contributed by atoms with Crippen molar-refractivity contribution in [1.82, 2.24) is 4.84 Å². The van der Waals surface area contributed by atoms with Gasteiger partial charge in [0, 0.05) is 6.04 Å². The zero-order valence-corrected chi connectivity index (χ0v) is 8.71. The molecule has 14 heavy (non-hydrogen) atoms. The van der Waals surface area contributed by atoms with E-state index in [1.165, 1.54) is 0 Å². The molecule has 1 rings (SSSR count). The van der Waals surface area contributed by atoms with E-state index in [1.807, 2.05) is 31.2 Å². The van der Waals surface area contributed by atoms with Crippen LogP contribution in [0.5, 0.6) is 5.75 Å². The number of benzene rings is 1. The normalized spacial score (nSPS) is 11.8. The maximum atomic E-state index is 5.52. The van der Waals surface area contributed by atoms with Crippen LogP contribution in [0.25, 0.3) is 0 Å². The molecule has 0 aromatic heterocycles. The maximum absolute atomic E-state index is 5.52. The second-order valence-corrected chi connectivity index (χ2v) is 3.11. The number of terminal acetylenes is 1. The molecular formula is C11H12ClNO. The molecule has 1 aromatic carbocycles. The van der Waals surface area contributed by atoms with E-state index in [9.17, 15) is 0 Å². The lowest BCUT2D eigenvalue weighted by molar-refractivity contribution is 0.369. The summed E-state index contributed by atoms with van der Waals surface area (Å²) in [5.74, 6) is 3.18. The Morgan fingerprint density at radius 1 is 1.64 bits per heavy atom. The highest BCUT2D eigenvalue weighted by Gasteiger charge is 2.03. The van der Waals surface area contributed by atoms with Gasteiger partial charge in [-0.1, -0.05) is 18.1 Å². The lowest BCUT2D eigenvalue weighted by Gasteiger charge is -2.10. The number of rotatable bonds is 4. The van der Waals surface area contributed by atoms with E-state index in [1.54, 1.807) is 0 Å². The molecule has 0 amide bonds. The largest absolute Gasteiger partial charge is 0.481 e. The second kappa shape index (κ2) is 5.54. The molecule has 0 spiro atoms. The molecule has 0 aliphatic rings. The Hall–Kier alpha value is -1.17. The van der Waals surface area contributed by atoms with Crippen molar-refractivity contribution in [2.45, 2.75) is 13.0 Å². The van der Waals surface area contributed by atoms with E-state index in [0.717, 1.165) is 11.3 Å². The van der Waals surface area contributed by atoms with Crippen LogP contribution in [0.3, 0.4) is 0 Å². The number of ether oxygens (including phenoxy) is 1. The molecule has 1 atom stereocenters. The minimum atomic E-state index is 0.0889. The summed E-state index contributed by atoms with van der Waals surface area (Å²) in [6.07, 6.45) is 5.09. The Kier molecular flexibility index (Phi) is 4.31. The summed E-state index contributed by atoms with van der Waals surface area (Å²) in [6.45, 7) is 2.25. The van der Waals surface area contributed by atoms with E-state index < -0.39 is 0 Å². The third kappa shape index (κ3) is 2.95. The van der Waals surface area contributed by atoms with E-state index in [4.69, 9.17) is 22.9 Å². The average Bonchev–Trinajstić information content (AvgIpc) is 2.25. The van der Waals surface area contributed by atoms with Gasteiger partial charge < -0.3 is 4.74 Å². The molecule has 0 bridgehead atoms. The summed E-state index contributed by atoms with van der Waals surface area (Å²) in [5.41, 5.74) is 1.06. The first-order valence-electron chi connectivity index (χ1n) is 4.30. The van der Waals surface area contributed by atoms with Gasteiger partial charge in [-0.3, -0.25) is 0 Å². The average molecular weight is 210 g/mol. The van der Waals surface area contributed by atoms with Crippen LogP contribution in [-0.4, -0.2) is 6.61 Å². The van der Waals surface area contributed by atoms with Crippen LogP contribution in [0, 0.1) is 12.3 Å².